The first-order chi connectivity index (χ1) is 5.31. The van der Waals surface area contributed by atoms with Gasteiger partial charge in [-0.05, 0) is 13.3 Å². The number of aliphatic hydroxyl groups excluding tert-OH is 1. The number of fused-ring (bicyclic) bond motifs is 1. The Morgan fingerprint density at radius 1 is 1.36 bits per heavy atom. The molecule has 66 valence electrons. The van der Waals surface area contributed by atoms with Crippen molar-refractivity contribution in [2.75, 3.05) is 20.3 Å². The first-order valence-electron chi connectivity index (χ1n) is 4.01. The lowest BCUT2D eigenvalue weighted by Gasteiger charge is -2.19. The first-order valence-corrected chi connectivity index (χ1v) is 4.01. The average Bonchev–Trinajstić information content (AvgIpc) is 2.49. The second-order valence-electron chi connectivity index (χ2n) is 3.06. The fourth-order valence-corrected chi connectivity index (χ4v) is 1.69. The van der Waals surface area contributed by atoms with Crippen LogP contribution in [0.4, 0.5) is 0 Å². The van der Waals surface area contributed by atoms with E-state index in [1.165, 1.54) is 0 Å². The van der Waals surface area contributed by atoms with Crippen LogP contribution in [0.5, 0.6) is 0 Å². The highest BCUT2D eigenvalue weighted by atomic mass is 16.6. The molecule has 2 atom stereocenters. The van der Waals surface area contributed by atoms with Gasteiger partial charge in [-0.15, -0.1) is 0 Å². The van der Waals surface area contributed by atoms with Crippen molar-refractivity contribution >= 4 is 0 Å². The lowest BCUT2D eigenvalue weighted by Crippen LogP contribution is -2.30. The second-order valence-corrected chi connectivity index (χ2v) is 3.06. The molecule has 2 aliphatic rings. The normalized spacial score (nSPS) is 41.2. The molecule has 0 aromatic heterocycles. The predicted molar refractivity (Wildman–Crippen MR) is 41.5 cm³/mol. The predicted octanol–water partition coefficient (Wildman–Crippen LogP) is 0.563. The Bertz CT molecular complexity index is 115. The summed E-state index contributed by atoms with van der Waals surface area (Å²) in [5, 5.41) is 7.00. The molecule has 0 amide bonds. The van der Waals surface area contributed by atoms with Crippen LogP contribution < -0.4 is 0 Å². The quantitative estimate of drug-likeness (QED) is 0.563. The van der Waals surface area contributed by atoms with Gasteiger partial charge in [-0.1, -0.05) is 0 Å². The minimum Gasteiger partial charge on any atom is -0.400 e. The minimum absolute atomic E-state index is 0.0833. The highest BCUT2D eigenvalue weighted by Gasteiger charge is 2.44. The van der Waals surface area contributed by atoms with E-state index in [4.69, 9.17) is 14.6 Å². The number of hydrogen-bond acceptors (Lipinski definition) is 3. The smallest absolute Gasteiger partial charge is 0.0937 e. The summed E-state index contributed by atoms with van der Waals surface area (Å²) in [4.78, 5) is 0. The summed E-state index contributed by atoms with van der Waals surface area (Å²) in [6.45, 7) is 3.93. The summed E-state index contributed by atoms with van der Waals surface area (Å²) in [6, 6.07) is 0. The van der Waals surface area contributed by atoms with Crippen LogP contribution in [0.15, 0.2) is 0 Å². The Balaban J connectivity index is 0.000000281. The molecule has 2 saturated heterocycles. The molecule has 2 heterocycles. The number of aliphatic hydroxyl groups is 1. The van der Waals surface area contributed by atoms with Crippen molar-refractivity contribution in [3.63, 3.8) is 0 Å². The van der Waals surface area contributed by atoms with Crippen molar-refractivity contribution in [3.05, 3.63) is 0 Å². The maximum atomic E-state index is 7.00. The van der Waals surface area contributed by atoms with Crippen LogP contribution in [0, 0.1) is 0 Å². The third-order valence-electron chi connectivity index (χ3n) is 2.41. The van der Waals surface area contributed by atoms with Gasteiger partial charge in [0.05, 0.1) is 18.3 Å². The molecule has 0 spiro atoms. The second kappa shape index (κ2) is 3.52. The minimum atomic E-state index is 0.0833. The number of ether oxygens (including phenoxy) is 2. The maximum Gasteiger partial charge on any atom is 0.0937 e. The van der Waals surface area contributed by atoms with E-state index in [2.05, 4.69) is 6.92 Å². The Morgan fingerprint density at radius 3 is 2.73 bits per heavy atom. The molecule has 3 nitrogen and oxygen atoms in total. The highest BCUT2D eigenvalue weighted by Crippen LogP contribution is 2.36. The fraction of sp³-hybridized carbons (Fsp3) is 1.00. The Hall–Kier alpha value is -0.120. The van der Waals surface area contributed by atoms with Crippen molar-refractivity contribution in [1.29, 1.82) is 0 Å². The summed E-state index contributed by atoms with van der Waals surface area (Å²) < 4.78 is 11.0. The summed E-state index contributed by atoms with van der Waals surface area (Å²) >= 11 is 0. The molecule has 0 radical (unpaired) electrons. The zero-order valence-electron chi connectivity index (χ0n) is 7.17. The third-order valence-corrected chi connectivity index (χ3v) is 2.41. The lowest BCUT2D eigenvalue weighted by atomic mass is 9.99. The van der Waals surface area contributed by atoms with Crippen molar-refractivity contribution in [1.82, 2.24) is 0 Å². The molecule has 0 saturated carbocycles. The SMILES string of the molecule is CO.C[C@@]12CCO[C@@H]1CCO2. The zero-order chi connectivity index (χ0) is 8.32. The van der Waals surface area contributed by atoms with Crippen LogP contribution in [0.3, 0.4) is 0 Å². The van der Waals surface area contributed by atoms with Gasteiger partial charge in [0.1, 0.15) is 0 Å². The maximum absolute atomic E-state index is 7.00. The largest absolute Gasteiger partial charge is 0.400 e. The molecule has 3 heteroatoms. The van der Waals surface area contributed by atoms with Gasteiger partial charge >= 0.3 is 0 Å². The summed E-state index contributed by atoms with van der Waals surface area (Å²) in [7, 11) is 1.00. The highest BCUT2D eigenvalue weighted by molar-refractivity contribution is 4.93. The van der Waals surface area contributed by atoms with Gasteiger partial charge < -0.3 is 14.6 Å². The molecular formula is C8H16O3. The van der Waals surface area contributed by atoms with Gasteiger partial charge in [-0.3, -0.25) is 0 Å². The summed E-state index contributed by atoms with van der Waals surface area (Å²) in [5.41, 5.74) is 0.0833. The molecule has 11 heavy (non-hydrogen) atoms. The van der Waals surface area contributed by atoms with Crippen molar-refractivity contribution in [2.45, 2.75) is 31.5 Å². The Kier molecular flexibility index (Phi) is 2.87. The average molecular weight is 160 g/mol. The first kappa shape index (κ1) is 8.97. The molecule has 0 aliphatic carbocycles. The van der Waals surface area contributed by atoms with Crippen LogP contribution in [0.1, 0.15) is 19.8 Å². The van der Waals surface area contributed by atoms with E-state index in [9.17, 15) is 0 Å². The van der Waals surface area contributed by atoms with Crippen molar-refractivity contribution in [2.24, 2.45) is 0 Å². The topological polar surface area (TPSA) is 38.7 Å². The molecule has 2 aliphatic heterocycles. The van der Waals surface area contributed by atoms with E-state index in [-0.39, 0.29) is 5.60 Å². The zero-order valence-corrected chi connectivity index (χ0v) is 7.17. The van der Waals surface area contributed by atoms with Crippen LogP contribution in [0.2, 0.25) is 0 Å². The van der Waals surface area contributed by atoms with Crippen molar-refractivity contribution < 1.29 is 14.6 Å². The monoisotopic (exact) mass is 160 g/mol. The van der Waals surface area contributed by atoms with Gasteiger partial charge in [0.2, 0.25) is 0 Å². The lowest BCUT2D eigenvalue weighted by molar-refractivity contribution is -0.00576. The van der Waals surface area contributed by atoms with Crippen LogP contribution in [-0.2, 0) is 9.47 Å². The van der Waals surface area contributed by atoms with E-state index in [1.807, 2.05) is 0 Å². The molecule has 2 rings (SSSR count). The van der Waals surface area contributed by atoms with E-state index in [0.717, 1.165) is 33.2 Å². The van der Waals surface area contributed by atoms with E-state index in [0.29, 0.717) is 6.10 Å². The molecule has 0 aromatic carbocycles. The molecule has 0 unspecified atom stereocenters. The van der Waals surface area contributed by atoms with Gasteiger partial charge in [-0.25, -0.2) is 0 Å². The van der Waals surface area contributed by atoms with Crippen LogP contribution >= 0.6 is 0 Å². The van der Waals surface area contributed by atoms with Gasteiger partial charge in [-0.2, -0.15) is 0 Å². The third kappa shape index (κ3) is 1.55. The Labute approximate surface area is 67.3 Å². The summed E-state index contributed by atoms with van der Waals surface area (Å²) in [6.07, 6.45) is 2.58. The van der Waals surface area contributed by atoms with Crippen LogP contribution in [0.25, 0.3) is 0 Å². The molecule has 2 fully saturated rings. The molecule has 0 aromatic rings. The molecular weight excluding hydrogens is 144 g/mol. The Morgan fingerprint density at radius 2 is 2.09 bits per heavy atom. The van der Waals surface area contributed by atoms with Gasteiger partial charge in [0.25, 0.3) is 0 Å². The van der Waals surface area contributed by atoms with E-state index < -0.39 is 0 Å². The molecule has 1 N–H and O–H groups in total. The summed E-state index contributed by atoms with van der Waals surface area (Å²) in [5.74, 6) is 0. The standard InChI is InChI=1S/C7H12O2.CH4O/c1-7-3-5-8-6(7)2-4-9-7;1-2/h6H,2-5H2,1H3;2H,1H3/t6-,7-;/m1./s1. The van der Waals surface area contributed by atoms with E-state index >= 15 is 0 Å². The number of hydrogen-bond donors (Lipinski definition) is 1. The van der Waals surface area contributed by atoms with Crippen molar-refractivity contribution in [3.8, 4) is 0 Å². The molecule has 0 bridgehead atoms. The van der Waals surface area contributed by atoms with Gasteiger partial charge in [0, 0.05) is 20.1 Å². The van der Waals surface area contributed by atoms with E-state index in [1.54, 1.807) is 0 Å². The van der Waals surface area contributed by atoms with Crippen LogP contribution in [-0.4, -0.2) is 37.1 Å². The number of rotatable bonds is 0. The van der Waals surface area contributed by atoms with Gasteiger partial charge in [0.15, 0.2) is 0 Å². The fourth-order valence-electron chi connectivity index (χ4n) is 1.69.